The molecular formula is C20H39N5O. The number of rotatable bonds is 8. The molecule has 1 saturated heterocycles. The van der Waals surface area contributed by atoms with Gasteiger partial charge >= 0.3 is 0 Å². The fourth-order valence-corrected chi connectivity index (χ4v) is 4.31. The molecular weight excluding hydrogens is 326 g/mol. The van der Waals surface area contributed by atoms with E-state index >= 15 is 0 Å². The van der Waals surface area contributed by atoms with E-state index in [1.165, 1.54) is 25.7 Å². The van der Waals surface area contributed by atoms with Gasteiger partial charge in [0.15, 0.2) is 5.96 Å². The Bertz CT molecular complexity index is 479. The molecule has 6 heteroatoms. The van der Waals surface area contributed by atoms with Crippen molar-refractivity contribution in [3.05, 3.63) is 0 Å². The number of hydrogen-bond donors (Lipinski definition) is 2. The van der Waals surface area contributed by atoms with Crippen molar-refractivity contribution in [2.45, 2.75) is 64.3 Å². The fraction of sp³-hybridized carbons (Fsp3) is 0.900. The molecule has 2 N–H and O–H groups in total. The van der Waals surface area contributed by atoms with Crippen LogP contribution in [0.3, 0.4) is 0 Å². The second-order valence-corrected chi connectivity index (χ2v) is 8.28. The molecule has 0 aromatic heterocycles. The lowest BCUT2D eigenvalue weighted by Gasteiger charge is -2.44. The third-order valence-electron chi connectivity index (χ3n) is 5.96. The summed E-state index contributed by atoms with van der Waals surface area (Å²) in [5, 5.41) is 6.82. The Kier molecular flexibility index (Phi) is 8.19. The highest BCUT2D eigenvalue weighted by Gasteiger charge is 2.36. The van der Waals surface area contributed by atoms with E-state index in [-0.39, 0.29) is 5.54 Å². The summed E-state index contributed by atoms with van der Waals surface area (Å²) in [6.07, 6.45) is 7.79. The minimum absolute atomic E-state index is 0.183. The van der Waals surface area contributed by atoms with Crippen LogP contribution in [0.5, 0.6) is 0 Å². The van der Waals surface area contributed by atoms with E-state index in [9.17, 15) is 4.79 Å². The number of carbonyl (C=O) groups is 1. The molecule has 6 nitrogen and oxygen atoms in total. The molecule has 1 aliphatic heterocycles. The molecule has 0 spiro atoms. The number of likely N-dealkylation sites (tertiary alicyclic amines) is 1. The molecule has 0 bridgehead atoms. The van der Waals surface area contributed by atoms with Gasteiger partial charge in [-0.25, -0.2) is 0 Å². The number of hydrogen-bond acceptors (Lipinski definition) is 3. The molecule has 2 aliphatic rings. The first-order valence-corrected chi connectivity index (χ1v) is 10.4. The third kappa shape index (κ3) is 5.86. The molecule has 0 radical (unpaired) electrons. The van der Waals surface area contributed by atoms with Gasteiger partial charge in [-0.05, 0) is 52.6 Å². The summed E-state index contributed by atoms with van der Waals surface area (Å²) in [5.41, 5.74) is 0.183. The molecule has 2 fully saturated rings. The Balaban J connectivity index is 1.85. The van der Waals surface area contributed by atoms with Gasteiger partial charge in [-0.1, -0.05) is 19.8 Å². The van der Waals surface area contributed by atoms with Gasteiger partial charge in [0.1, 0.15) is 0 Å². The van der Waals surface area contributed by atoms with Crippen molar-refractivity contribution in [3.8, 4) is 0 Å². The molecule has 150 valence electrons. The van der Waals surface area contributed by atoms with E-state index < -0.39 is 0 Å². The summed E-state index contributed by atoms with van der Waals surface area (Å²) in [6, 6.07) is 0. The second-order valence-electron chi connectivity index (χ2n) is 8.28. The lowest BCUT2D eigenvalue weighted by molar-refractivity contribution is -0.127. The van der Waals surface area contributed by atoms with Crippen molar-refractivity contribution < 1.29 is 4.79 Å². The quantitative estimate of drug-likeness (QED) is 0.393. The van der Waals surface area contributed by atoms with Crippen LogP contribution in [0.15, 0.2) is 4.99 Å². The maximum atomic E-state index is 11.7. The minimum Gasteiger partial charge on any atom is -0.357 e. The average Bonchev–Trinajstić information content (AvgIpc) is 3.01. The number of aliphatic imine (C=N–C) groups is 1. The first kappa shape index (κ1) is 21.0. The molecule has 1 saturated carbocycles. The molecule has 26 heavy (non-hydrogen) atoms. The lowest BCUT2D eigenvalue weighted by atomic mass is 9.75. The Hall–Kier alpha value is -1.30. The van der Waals surface area contributed by atoms with E-state index in [0.29, 0.717) is 5.91 Å². The maximum absolute atomic E-state index is 11.7. The zero-order valence-corrected chi connectivity index (χ0v) is 17.3. The Morgan fingerprint density at radius 1 is 1.35 bits per heavy atom. The van der Waals surface area contributed by atoms with Crippen LogP contribution in [0.1, 0.15) is 58.8 Å². The second kappa shape index (κ2) is 10.1. The molecule has 2 unspecified atom stereocenters. The molecule has 2 rings (SSSR count). The summed E-state index contributed by atoms with van der Waals surface area (Å²) in [6.45, 7) is 8.79. The molecule has 1 aliphatic carbocycles. The third-order valence-corrected chi connectivity index (χ3v) is 5.96. The van der Waals surface area contributed by atoms with Gasteiger partial charge in [-0.3, -0.25) is 9.79 Å². The lowest BCUT2D eigenvalue weighted by Crippen LogP contribution is -2.51. The first-order chi connectivity index (χ1) is 12.5. The number of amides is 1. The molecule has 1 amide bonds. The predicted molar refractivity (Wildman–Crippen MR) is 108 cm³/mol. The molecule has 2 atom stereocenters. The fourth-order valence-electron chi connectivity index (χ4n) is 4.31. The van der Waals surface area contributed by atoms with Crippen LogP contribution >= 0.6 is 0 Å². The van der Waals surface area contributed by atoms with Gasteiger partial charge in [0, 0.05) is 38.1 Å². The van der Waals surface area contributed by atoms with Crippen LogP contribution < -0.4 is 10.6 Å². The van der Waals surface area contributed by atoms with Crippen molar-refractivity contribution in [2.24, 2.45) is 10.9 Å². The Morgan fingerprint density at radius 2 is 2.15 bits per heavy atom. The zero-order chi connectivity index (χ0) is 19.0. The number of carbonyl (C=O) groups excluding carboxylic acids is 1. The van der Waals surface area contributed by atoms with Crippen LogP contribution in [0.4, 0.5) is 0 Å². The van der Waals surface area contributed by atoms with Crippen molar-refractivity contribution in [3.63, 3.8) is 0 Å². The van der Waals surface area contributed by atoms with E-state index in [4.69, 9.17) is 4.99 Å². The molecule has 0 aromatic rings. The molecule has 0 aromatic carbocycles. The van der Waals surface area contributed by atoms with Crippen LogP contribution in [0, 0.1) is 5.92 Å². The first-order valence-electron chi connectivity index (χ1n) is 10.4. The number of guanidine groups is 1. The SMILES string of the molecule is CCNC(=NCC1(N(C)C)CCCC(C)C1)NCCCN1CCCC1=O. The highest BCUT2D eigenvalue weighted by Crippen LogP contribution is 2.35. The van der Waals surface area contributed by atoms with Gasteiger partial charge in [-0.2, -0.15) is 0 Å². The number of nitrogens with zero attached hydrogens (tertiary/aromatic N) is 3. The largest absolute Gasteiger partial charge is 0.357 e. The standard InChI is InChI=1S/C20H39N5O/c1-5-21-19(22-12-8-14-25-13-7-10-18(25)26)23-16-20(24(3)4)11-6-9-17(2)15-20/h17H,5-16H2,1-4H3,(H2,21,22,23). The van der Waals surface area contributed by atoms with Crippen LogP contribution in [0.2, 0.25) is 0 Å². The zero-order valence-electron chi connectivity index (χ0n) is 17.3. The summed E-state index contributed by atoms with van der Waals surface area (Å²) in [4.78, 5) is 21.0. The monoisotopic (exact) mass is 365 g/mol. The number of nitrogens with one attached hydrogen (secondary N) is 2. The van der Waals surface area contributed by atoms with Crippen molar-refractivity contribution in [2.75, 3.05) is 46.8 Å². The van der Waals surface area contributed by atoms with Crippen LogP contribution in [-0.2, 0) is 4.79 Å². The van der Waals surface area contributed by atoms with Crippen molar-refractivity contribution >= 4 is 11.9 Å². The van der Waals surface area contributed by atoms with Crippen molar-refractivity contribution in [1.82, 2.24) is 20.4 Å². The number of likely N-dealkylation sites (N-methyl/N-ethyl adjacent to an activating group) is 1. The van der Waals surface area contributed by atoms with E-state index in [1.807, 2.05) is 4.90 Å². The van der Waals surface area contributed by atoms with Gasteiger partial charge in [0.05, 0.1) is 6.54 Å². The van der Waals surface area contributed by atoms with Crippen LogP contribution in [0.25, 0.3) is 0 Å². The molecule has 1 heterocycles. The van der Waals surface area contributed by atoms with E-state index in [0.717, 1.165) is 63.9 Å². The van der Waals surface area contributed by atoms with Gasteiger partial charge in [-0.15, -0.1) is 0 Å². The average molecular weight is 366 g/mol. The van der Waals surface area contributed by atoms with E-state index in [1.54, 1.807) is 0 Å². The maximum Gasteiger partial charge on any atom is 0.222 e. The Labute approximate surface area is 159 Å². The summed E-state index contributed by atoms with van der Waals surface area (Å²) < 4.78 is 0. The van der Waals surface area contributed by atoms with Gasteiger partial charge in [0.2, 0.25) is 5.91 Å². The van der Waals surface area contributed by atoms with Gasteiger partial charge < -0.3 is 20.4 Å². The minimum atomic E-state index is 0.183. The van der Waals surface area contributed by atoms with Crippen LogP contribution in [-0.4, -0.2) is 74.0 Å². The topological polar surface area (TPSA) is 60.0 Å². The summed E-state index contributed by atoms with van der Waals surface area (Å²) in [7, 11) is 4.39. The Morgan fingerprint density at radius 3 is 2.77 bits per heavy atom. The summed E-state index contributed by atoms with van der Waals surface area (Å²) in [5.74, 6) is 1.99. The van der Waals surface area contributed by atoms with Gasteiger partial charge in [0.25, 0.3) is 0 Å². The highest BCUT2D eigenvalue weighted by molar-refractivity contribution is 5.80. The smallest absolute Gasteiger partial charge is 0.222 e. The van der Waals surface area contributed by atoms with Crippen molar-refractivity contribution in [1.29, 1.82) is 0 Å². The summed E-state index contributed by atoms with van der Waals surface area (Å²) >= 11 is 0. The van der Waals surface area contributed by atoms with E-state index in [2.05, 4.69) is 43.5 Å². The predicted octanol–water partition coefficient (Wildman–Crippen LogP) is 2.06. The highest BCUT2D eigenvalue weighted by atomic mass is 16.2. The normalized spacial score (nSPS) is 27.3.